The van der Waals surface area contributed by atoms with Crippen molar-refractivity contribution < 1.29 is 0 Å². The summed E-state index contributed by atoms with van der Waals surface area (Å²) in [6, 6.07) is 0.805. The number of nitrogens with one attached hydrogen (secondary N) is 1. The average molecular weight is 255 g/mol. The van der Waals surface area contributed by atoms with Crippen molar-refractivity contribution in [2.75, 3.05) is 31.1 Å². The minimum absolute atomic E-state index is 0.201. The molecule has 1 N–H and O–H groups in total. The van der Waals surface area contributed by atoms with Crippen LogP contribution in [0.25, 0.3) is 0 Å². The molecule has 0 amide bonds. The highest BCUT2D eigenvalue weighted by Gasteiger charge is 2.31. The van der Waals surface area contributed by atoms with Crippen molar-refractivity contribution in [3.8, 4) is 0 Å². The molecule has 17 heavy (non-hydrogen) atoms. The van der Waals surface area contributed by atoms with E-state index in [0.717, 1.165) is 32.2 Å². The number of rotatable bonds is 2. The number of anilines is 1. The second kappa shape index (κ2) is 4.31. The quantitative estimate of drug-likeness (QED) is 0.845. The largest absolute Gasteiger partial charge is 0.353 e. The first-order valence-corrected chi connectivity index (χ1v) is 6.35. The molecule has 3 rings (SSSR count). The lowest BCUT2D eigenvalue weighted by Crippen LogP contribution is -2.47. The molecule has 6 heteroatoms. The van der Waals surface area contributed by atoms with Gasteiger partial charge in [0.1, 0.15) is 5.02 Å². The lowest BCUT2D eigenvalue weighted by Gasteiger charge is -2.35. The fourth-order valence-electron chi connectivity index (χ4n) is 2.33. The fourth-order valence-corrected chi connectivity index (χ4v) is 2.56. The number of aromatic nitrogens is 2. The Labute approximate surface area is 104 Å². The van der Waals surface area contributed by atoms with Gasteiger partial charge < -0.3 is 9.88 Å². The van der Waals surface area contributed by atoms with Gasteiger partial charge >= 0.3 is 0 Å². The van der Waals surface area contributed by atoms with E-state index in [1.54, 1.807) is 0 Å². The molecule has 1 saturated heterocycles. The van der Waals surface area contributed by atoms with E-state index in [9.17, 15) is 4.79 Å². The molecular weight excluding hydrogens is 240 g/mol. The standard InChI is InChI=1S/C11H15ClN4O/c12-9-10(13-7-14-11(9)17)16-5-3-15(4-6-16)8-1-2-8/h7-8H,1-6H2,(H,13,14,17). The maximum absolute atomic E-state index is 11.4. The van der Waals surface area contributed by atoms with Gasteiger partial charge in [-0.3, -0.25) is 9.69 Å². The summed E-state index contributed by atoms with van der Waals surface area (Å²) in [7, 11) is 0. The lowest BCUT2D eigenvalue weighted by molar-refractivity contribution is 0.247. The monoisotopic (exact) mass is 254 g/mol. The average Bonchev–Trinajstić information content (AvgIpc) is 3.17. The molecule has 1 aliphatic heterocycles. The number of nitrogens with zero attached hydrogens (tertiary/aromatic N) is 3. The molecule has 0 bridgehead atoms. The van der Waals surface area contributed by atoms with Crippen molar-refractivity contribution in [3.63, 3.8) is 0 Å². The van der Waals surface area contributed by atoms with Crippen LogP contribution >= 0.6 is 11.6 Å². The molecule has 1 saturated carbocycles. The van der Waals surface area contributed by atoms with Gasteiger partial charge in [-0.2, -0.15) is 0 Å². The van der Waals surface area contributed by atoms with Crippen molar-refractivity contribution in [2.45, 2.75) is 18.9 Å². The van der Waals surface area contributed by atoms with Crippen molar-refractivity contribution in [2.24, 2.45) is 0 Å². The van der Waals surface area contributed by atoms with Crippen LogP contribution in [0.2, 0.25) is 5.02 Å². The zero-order chi connectivity index (χ0) is 11.8. The molecule has 92 valence electrons. The summed E-state index contributed by atoms with van der Waals surface area (Å²) in [4.78, 5) is 22.7. The van der Waals surface area contributed by atoms with E-state index in [2.05, 4.69) is 19.8 Å². The first-order chi connectivity index (χ1) is 8.25. The van der Waals surface area contributed by atoms with Crippen LogP contribution in [-0.4, -0.2) is 47.1 Å². The third-order valence-electron chi connectivity index (χ3n) is 3.46. The lowest BCUT2D eigenvalue weighted by atomic mass is 10.3. The van der Waals surface area contributed by atoms with E-state index in [1.807, 2.05) is 0 Å². The molecule has 0 unspecified atom stereocenters. The van der Waals surface area contributed by atoms with Gasteiger partial charge in [-0.1, -0.05) is 11.6 Å². The molecular formula is C11H15ClN4O. The van der Waals surface area contributed by atoms with Gasteiger partial charge in [0.15, 0.2) is 5.82 Å². The Hall–Kier alpha value is -1.07. The number of halogens is 1. The predicted octanol–water partition coefficient (Wildman–Crippen LogP) is 0.708. The molecule has 1 aromatic heterocycles. The Kier molecular flexibility index (Phi) is 2.80. The van der Waals surface area contributed by atoms with Gasteiger partial charge in [0, 0.05) is 32.2 Å². The van der Waals surface area contributed by atoms with Crippen LogP contribution in [0.3, 0.4) is 0 Å². The summed E-state index contributed by atoms with van der Waals surface area (Å²) in [6.07, 6.45) is 4.09. The third kappa shape index (κ3) is 2.17. The number of hydrogen-bond donors (Lipinski definition) is 1. The summed E-state index contributed by atoms with van der Waals surface area (Å²) in [6.45, 7) is 3.87. The number of H-pyrrole nitrogens is 1. The smallest absolute Gasteiger partial charge is 0.271 e. The van der Waals surface area contributed by atoms with Crippen molar-refractivity contribution in [3.05, 3.63) is 21.7 Å². The van der Waals surface area contributed by atoms with Crippen LogP contribution in [0, 0.1) is 0 Å². The van der Waals surface area contributed by atoms with Crippen molar-refractivity contribution in [1.82, 2.24) is 14.9 Å². The minimum atomic E-state index is -0.263. The summed E-state index contributed by atoms with van der Waals surface area (Å²) >= 11 is 5.98. The van der Waals surface area contributed by atoms with Gasteiger partial charge in [-0.25, -0.2) is 4.98 Å². The van der Waals surface area contributed by atoms with Crippen LogP contribution in [0.1, 0.15) is 12.8 Å². The zero-order valence-corrected chi connectivity index (χ0v) is 10.3. The van der Waals surface area contributed by atoms with Crippen LogP contribution in [0.5, 0.6) is 0 Å². The molecule has 0 radical (unpaired) electrons. The highest BCUT2D eigenvalue weighted by molar-refractivity contribution is 6.32. The fraction of sp³-hybridized carbons (Fsp3) is 0.636. The van der Waals surface area contributed by atoms with Gasteiger partial charge in [0.2, 0.25) is 0 Å². The van der Waals surface area contributed by atoms with Crippen LogP contribution in [-0.2, 0) is 0 Å². The Balaban J connectivity index is 1.73. The molecule has 5 nitrogen and oxygen atoms in total. The normalized spacial score (nSPS) is 21.8. The van der Waals surface area contributed by atoms with Crippen LogP contribution in [0.4, 0.5) is 5.82 Å². The molecule has 1 aromatic rings. The van der Waals surface area contributed by atoms with Crippen LogP contribution in [0.15, 0.2) is 11.1 Å². The number of aromatic amines is 1. The van der Waals surface area contributed by atoms with Crippen LogP contribution < -0.4 is 10.5 Å². The maximum atomic E-state index is 11.4. The summed E-state index contributed by atoms with van der Waals surface area (Å²) in [5.74, 6) is 0.617. The van der Waals surface area contributed by atoms with Crippen molar-refractivity contribution >= 4 is 17.4 Å². The molecule has 0 atom stereocenters. The maximum Gasteiger partial charge on any atom is 0.271 e. The third-order valence-corrected chi connectivity index (χ3v) is 3.80. The molecule has 2 heterocycles. The Morgan fingerprint density at radius 3 is 2.65 bits per heavy atom. The van der Waals surface area contributed by atoms with E-state index in [4.69, 9.17) is 11.6 Å². The molecule has 2 fully saturated rings. The predicted molar refractivity (Wildman–Crippen MR) is 66.7 cm³/mol. The summed E-state index contributed by atoms with van der Waals surface area (Å²) in [5, 5.41) is 0.201. The summed E-state index contributed by atoms with van der Waals surface area (Å²) < 4.78 is 0. The number of piperazine rings is 1. The first-order valence-electron chi connectivity index (χ1n) is 5.98. The Morgan fingerprint density at radius 2 is 2.00 bits per heavy atom. The van der Waals surface area contributed by atoms with Gasteiger partial charge in [0.25, 0.3) is 5.56 Å². The first kappa shape index (κ1) is 11.0. The second-order valence-corrected chi connectivity index (χ2v) is 5.00. The van der Waals surface area contributed by atoms with Crippen molar-refractivity contribution in [1.29, 1.82) is 0 Å². The Morgan fingerprint density at radius 1 is 1.29 bits per heavy atom. The number of hydrogen-bond acceptors (Lipinski definition) is 4. The van der Waals surface area contributed by atoms with E-state index in [-0.39, 0.29) is 10.6 Å². The van der Waals surface area contributed by atoms with Gasteiger partial charge in [-0.15, -0.1) is 0 Å². The van der Waals surface area contributed by atoms with E-state index < -0.39 is 0 Å². The zero-order valence-electron chi connectivity index (χ0n) is 9.53. The van der Waals surface area contributed by atoms with E-state index >= 15 is 0 Å². The molecule has 2 aliphatic rings. The highest BCUT2D eigenvalue weighted by atomic mass is 35.5. The van der Waals surface area contributed by atoms with Gasteiger partial charge in [0.05, 0.1) is 6.33 Å². The topological polar surface area (TPSA) is 52.2 Å². The Bertz CT molecular complexity index is 463. The molecule has 0 aromatic carbocycles. The molecule has 0 spiro atoms. The van der Waals surface area contributed by atoms with Gasteiger partial charge in [-0.05, 0) is 12.8 Å². The minimum Gasteiger partial charge on any atom is -0.353 e. The van der Waals surface area contributed by atoms with E-state index in [1.165, 1.54) is 19.2 Å². The summed E-state index contributed by atoms with van der Waals surface area (Å²) in [5.41, 5.74) is -0.263. The highest BCUT2D eigenvalue weighted by Crippen LogP contribution is 2.28. The SMILES string of the molecule is O=c1[nH]cnc(N2CCN(C3CC3)CC2)c1Cl. The second-order valence-electron chi connectivity index (χ2n) is 4.62. The van der Waals surface area contributed by atoms with E-state index in [0.29, 0.717) is 5.82 Å². The molecule has 1 aliphatic carbocycles.